The van der Waals surface area contributed by atoms with Crippen molar-refractivity contribution in [2.75, 3.05) is 0 Å². The fourth-order valence-electron chi connectivity index (χ4n) is 2.46. The number of fused-ring (bicyclic) bond motifs is 1. The van der Waals surface area contributed by atoms with Crippen molar-refractivity contribution in [2.24, 2.45) is 0 Å². The Labute approximate surface area is 123 Å². The summed E-state index contributed by atoms with van der Waals surface area (Å²) in [6, 6.07) is 12.7. The molecule has 0 unspecified atom stereocenters. The Morgan fingerprint density at radius 3 is 2.86 bits per heavy atom. The normalized spacial score (nSPS) is 14.7. The molecule has 0 amide bonds. The Morgan fingerprint density at radius 2 is 2.05 bits per heavy atom. The van der Waals surface area contributed by atoms with Crippen LogP contribution in [0.2, 0.25) is 0 Å². The Morgan fingerprint density at radius 1 is 1.19 bits per heavy atom. The highest BCUT2D eigenvalue weighted by Crippen LogP contribution is 2.26. The molecule has 1 saturated carbocycles. The zero-order valence-corrected chi connectivity index (χ0v) is 12.0. The van der Waals surface area contributed by atoms with Crippen LogP contribution in [-0.4, -0.2) is 16.0 Å². The summed E-state index contributed by atoms with van der Waals surface area (Å²) >= 11 is 0. The topological polar surface area (TPSA) is 51.0 Å². The van der Waals surface area contributed by atoms with Crippen molar-refractivity contribution in [3.05, 3.63) is 47.8 Å². The van der Waals surface area contributed by atoms with Crippen LogP contribution in [0.4, 0.5) is 0 Å². The van der Waals surface area contributed by atoms with E-state index in [1.807, 2.05) is 43.3 Å². The van der Waals surface area contributed by atoms with E-state index in [9.17, 15) is 0 Å². The van der Waals surface area contributed by atoms with Crippen LogP contribution >= 0.6 is 0 Å². The number of hydrogen-bond acceptors (Lipinski definition) is 4. The number of nitrogens with one attached hydrogen (secondary N) is 1. The lowest BCUT2D eigenvalue weighted by Crippen LogP contribution is -2.16. The molecule has 0 bridgehead atoms. The Balaban J connectivity index is 1.69. The minimum Gasteiger partial charge on any atom is -0.453 e. The number of furan rings is 1. The molecule has 1 fully saturated rings. The summed E-state index contributed by atoms with van der Waals surface area (Å²) in [7, 11) is 0. The number of para-hydroxylation sites is 1. The van der Waals surface area contributed by atoms with E-state index in [0.29, 0.717) is 11.9 Å². The summed E-state index contributed by atoms with van der Waals surface area (Å²) < 4.78 is 5.86. The molecule has 0 aliphatic heterocycles. The molecule has 106 valence electrons. The maximum Gasteiger partial charge on any atom is 0.196 e. The van der Waals surface area contributed by atoms with Gasteiger partial charge in [-0.15, -0.1) is 0 Å². The van der Waals surface area contributed by atoms with E-state index in [-0.39, 0.29) is 0 Å². The second-order valence-corrected chi connectivity index (χ2v) is 5.63. The van der Waals surface area contributed by atoms with Gasteiger partial charge in [-0.1, -0.05) is 18.2 Å². The summed E-state index contributed by atoms with van der Waals surface area (Å²) in [4.78, 5) is 9.14. The van der Waals surface area contributed by atoms with Crippen LogP contribution in [0, 0.1) is 6.92 Å². The molecule has 4 nitrogen and oxygen atoms in total. The molecule has 1 aliphatic rings. The van der Waals surface area contributed by atoms with Crippen molar-refractivity contribution in [2.45, 2.75) is 32.4 Å². The molecule has 4 rings (SSSR count). The number of nitrogens with zero attached hydrogens (tertiary/aromatic N) is 2. The summed E-state index contributed by atoms with van der Waals surface area (Å²) in [5.41, 5.74) is 2.85. The molecule has 2 aromatic heterocycles. The second-order valence-electron chi connectivity index (χ2n) is 5.63. The third kappa shape index (κ3) is 2.67. The first-order valence-corrected chi connectivity index (χ1v) is 7.35. The van der Waals surface area contributed by atoms with E-state index in [4.69, 9.17) is 4.42 Å². The van der Waals surface area contributed by atoms with Crippen LogP contribution in [0.25, 0.3) is 22.6 Å². The van der Waals surface area contributed by atoms with Gasteiger partial charge < -0.3 is 9.73 Å². The van der Waals surface area contributed by atoms with Gasteiger partial charge in [0.1, 0.15) is 5.58 Å². The quantitative estimate of drug-likeness (QED) is 0.794. The van der Waals surface area contributed by atoms with Gasteiger partial charge in [0.25, 0.3) is 0 Å². The molecular weight excluding hydrogens is 262 g/mol. The summed E-state index contributed by atoms with van der Waals surface area (Å²) in [5, 5.41) is 4.56. The van der Waals surface area contributed by atoms with Gasteiger partial charge in [-0.05, 0) is 38.0 Å². The molecule has 1 aliphatic carbocycles. The fourth-order valence-corrected chi connectivity index (χ4v) is 2.46. The lowest BCUT2D eigenvalue weighted by Gasteiger charge is -2.05. The standard InChI is InChI=1S/C17H17N3O/c1-11-8-14(10-18-13-6-7-13)20-17(19-11)16-9-12-4-2-3-5-15(12)21-16/h2-5,8-9,13,18H,6-7,10H2,1H3. The first kappa shape index (κ1) is 12.5. The van der Waals surface area contributed by atoms with E-state index >= 15 is 0 Å². The summed E-state index contributed by atoms with van der Waals surface area (Å²) in [5.74, 6) is 1.39. The molecule has 0 saturated heterocycles. The van der Waals surface area contributed by atoms with Crippen LogP contribution in [-0.2, 0) is 6.54 Å². The number of benzene rings is 1. The molecular formula is C17H17N3O. The monoisotopic (exact) mass is 279 g/mol. The molecule has 21 heavy (non-hydrogen) atoms. The van der Waals surface area contributed by atoms with E-state index in [2.05, 4.69) is 15.3 Å². The first-order chi connectivity index (χ1) is 10.3. The number of rotatable bonds is 4. The van der Waals surface area contributed by atoms with E-state index in [1.54, 1.807) is 0 Å². The van der Waals surface area contributed by atoms with Crippen molar-refractivity contribution < 1.29 is 4.42 Å². The van der Waals surface area contributed by atoms with Gasteiger partial charge in [0.15, 0.2) is 11.6 Å². The smallest absolute Gasteiger partial charge is 0.196 e. The van der Waals surface area contributed by atoms with E-state index < -0.39 is 0 Å². The van der Waals surface area contributed by atoms with E-state index in [1.165, 1.54) is 12.8 Å². The Hall–Kier alpha value is -2.20. The average Bonchev–Trinajstić information content (AvgIpc) is 3.21. The molecule has 0 radical (unpaired) electrons. The summed E-state index contributed by atoms with van der Waals surface area (Å²) in [6.45, 7) is 2.79. The summed E-state index contributed by atoms with van der Waals surface area (Å²) in [6.07, 6.45) is 2.56. The predicted octanol–water partition coefficient (Wildman–Crippen LogP) is 3.45. The maximum atomic E-state index is 5.86. The van der Waals surface area contributed by atoms with Gasteiger partial charge in [-0.3, -0.25) is 0 Å². The highest BCUT2D eigenvalue weighted by atomic mass is 16.3. The van der Waals surface area contributed by atoms with Crippen molar-refractivity contribution >= 4 is 11.0 Å². The predicted molar refractivity (Wildman–Crippen MR) is 81.8 cm³/mol. The number of hydrogen-bond donors (Lipinski definition) is 1. The van der Waals surface area contributed by atoms with Crippen LogP contribution in [0.3, 0.4) is 0 Å². The zero-order valence-electron chi connectivity index (χ0n) is 12.0. The molecule has 2 heterocycles. The van der Waals surface area contributed by atoms with Crippen molar-refractivity contribution in [3.8, 4) is 11.6 Å². The van der Waals surface area contributed by atoms with Gasteiger partial charge in [0.2, 0.25) is 0 Å². The van der Waals surface area contributed by atoms with Gasteiger partial charge >= 0.3 is 0 Å². The third-order valence-corrected chi connectivity index (χ3v) is 3.70. The van der Waals surface area contributed by atoms with Gasteiger partial charge in [0, 0.05) is 23.7 Å². The van der Waals surface area contributed by atoms with Gasteiger partial charge in [-0.25, -0.2) is 9.97 Å². The Kier molecular flexibility index (Phi) is 2.97. The van der Waals surface area contributed by atoms with Gasteiger partial charge in [0.05, 0.1) is 5.69 Å². The van der Waals surface area contributed by atoms with Gasteiger partial charge in [-0.2, -0.15) is 0 Å². The average molecular weight is 279 g/mol. The molecule has 1 N–H and O–H groups in total. The minimum absolute atomic E-state index is 0.666. The first-order valence-electron chi connectivity index (χ1n) is 7.35. The highest BCUT2D eigenvalue weighted by molar-refractivity contribution is 5.81. The SMILES string of the molecule is Cc1cc(CNC2CC2)nc(-c2cc3ccccc3o2)n1. The molecule has 0 spiro atoms. The molecule has 4 heteroatoms. The highest BCUT2D eigenvalue weighted by Gasteiger charge is 2.20. The number of aromatic nitrogens is 2. The van der Waals surface area contributed by atoms with Crippen LogP contribution in [0.1, 0.15) is 24.2 Å². The van der Waals surface area contributed by atoms with Crippen LogP contribution in [0.15, 0.2) is 40.8 Å². The van der Waals surface area contributed by atoms with Crippen molar-refractivity contribution in [3.63, 3.8) is 0 Å². The van der Waals surface area contributed by atoms with Crippen LogP contribution in [0.5, 0.6) is 0 Å². The maximum absolute atomic E-state index is 5.86. The molecule has 0 atom stereocenters. The largest absolute Gasteiger partial charge is 0.453 e. The second kappa shape index (κ2) is 4.97. The molecule has 1 aromatic carbocycles. The lowest BCUT2D eigenvalue weighted by molar-refractivity contribution is 0.621. The van der Waals surface area contributed by atoms with E-state index in [0.717, 1.165) is 34.7 Å². The van der Waals surface area contributed by atoms with Crippen molar-refractivity contribution in [1.29, 1.82) is 0 Å². The fraction of sp³-hybridized carbons (Fsp3) is 0.294. The lowest BCUT2D eigenvalue weighted by atomic mass is 10.2. The number of aryl methyl sites for hydroxylation is 1. The van der Waals surface area contributed by atoms with Crippen LogP contribution < -0.4 is 5.32 Å². The Bertz CT molecular complexity index is 757. The minimum atomic E-state index is 0.666. The third-order valence-electron chi connectivity index (χ3n) is 3.70. The zero-order chi connectivity index (χ0) is 14.2. The molecule has 3 aromatic rings. The van der Waals surface area contributed by atoms with Crippen molar-refractivity contribution in [1.82, 2.24) is 15.3 Å².